The summed E-state index contributed by atoms with van der Waals surface area (Å²) in [5.41, 5.74) is 0.549. The van der Waals surface area contributed by atoms with E-state index in [1.54, 1.807) is 18.2 Å². The van der Waals surface area contributed by atoms with Gasteiger partial charge in [0.05, 0.1) is 22.8 Å². The third-order valence-electron chi connectivity index (χ3n) is 3.80. The molecule has 2 aromatic carbocycles. The number of aromatic nitrogens is 1. The second-order valence-electron chi connectivity index (χ2n) is 5.75. The number of anilines is 2. The summed E-state index contributed by atoms with van der Waals surface area (Å²) in [6.45, 7) is 0. The molecule has 7 nitrogen and oxygen atoms in total. The summed E-state index contributed by atoms with van der Waals surface area (Å²) >= 11 is 17.7. The number of para-hydroxylation sites is 1. The Kier molecular flexibility index (Phi) is 6.28. The van der Waals surface area contributed by atoms with Crippen LogP contribution in [-0.4, -0.2) is 26.4 Å². The first-order valence-corrected chi connectivity index (χ1v) is 10.6. The lowest BCUT2D eigenvalue weighted by molar-refractivity contribution is 0.102. The zero-order chi connectivity index (χ0) is 21.2. The van der Waals surface area contributed by atoms with Crippen LogP contribution < -0.4 is 14.8 Å². The van der Waals surface area contributed by atoms with E-state index in [1.165, 1.54) is 37.4 Å². The van der Waals surface area contributed by atoms with Gasteiger partial charge in [-0.15, -0.1) is 0 Å². The summed E-state index contributed by atoms with van der Waals surface area (Å²) in [4.78, 5) is 14.8. The Balaban J connectivity index is 1.92. The highest BCUT2D eigenvalue weighted by atomic mass is 35.5. The minimum atomic E-state index is -4.06. The number of H-pyrrole nitrogens is 1. The third-order valence-corrected chi connectivity index (χ3v) is 6.21. The number of hydrogen-bond acceptors (Lipinski definition) is 4. The Labute approximate surface area is 182 Å². The number of amides is 1. The quantitative estimate of drug-likeness (QED) is 0.466. The van der Waals surface area contributed by atoms with Crippen molar-refractivity contribution in [2.45, 2.75) is 4.90 Å². The molecule has 0 fully saturated rings. The van der Waals surface area contributed by atoms with E-state index in [1.807, 2.05) is 0 Å². The zero-order valence-corrected chi connectivity index (χ0v) is 17.9. The first kappa shape index (κ1) is 21.3. The molecule has 3 N–H and O–H groups in total. The van der Waals surface area contributed by atoms with E-state index >= 15 is 0 Å². The topological polar surface area (TPSA) is 100 Å². The lowest BCUT2D eigenvalue weighted by Crippen LogP contribution is -2.16. The number of benzene rings is 2. The fourth-order valence-electron chi connectivity index (χ4n) is 2.43. The van der Waals surface area contributed by atoms with Crippen LogP contribution in [0.15, 0.2) is 53.4 Å². The lowest BCUT2D eigenvalue weighted by Gasteiger charge is -2.14. The summed E-state index contributed by atoms with van der Waals surface area (Å²) in [6.07, 6.45) is 0. The van der Waals surface area contributed by atoms with Crippen LogP contribution in [-0.2, 0) is 10.0 Å². The largest absolute Gasteiger partial charge is 0.495 e. The Morgan fingerprint density at radius 3 is 2.38 bits per heavy atom. The minimum Gasteiger partial charge on any atom is -0.495 e. The molecule has 1 heterocycles. The van der Waals surface area contributed by atoms with Gasteiger partial charge in [0.1, 0.15) is 21.5 Å². The highest BCUT2D eigenvalue weighted by Gasteiger charge is 2.22. The van der Waals surface area contributed by atoms with Crippen LogP contribution in [0.4, 0.5) is 11.4 Å². The molecule has 1 aromatic heterocycles. The molecule has 1 amide bonds. The van der Waals surface area contributed by atoms with Gasteiger partial charge in [-0.3, -0.25) is 9.52 Å². The van der Waals surface area contributed by atoms with Gasteiger partial charge in [0.2, 0.25) is 0 Å². The SMILES string of the molecule is COc1ccc(NC(=O)c2cc(Cl)c(Cl)[nH]2)cc1S(=O)(=O)Nc1ccccc1Cl. The average Bonchev–Trinajstić information content (AvgIpc) is 3.02. The molecule has 29 heavy (non-hydrogen) atoms. The maximum atomic E-state index is 12.9. The van der Waals surface area contributed by atoms with Crippen molar-refractivity contribution in [3.05, 3.63) is 69.4 Å². The summed E-state index contributed by atoms with van der Waals surface area (Å²) in [5, 5.41) is 3.13. The Morgan fingerprint density at radius 2 is 1.76 bits per heavy atom. The molecule has 11 heteroatoms. The number of aromatic amines is 1. The Morgan fingerprint density at radius 1 is 1.03 bits per heavy atom. The van der Waals surface area contributed by atoms with Crippen molar-refractivity contribution >= 4 is 62.1 Å². The first-order valence-electron chi connectivity index (χ1n) is 8.02. The highest BCUT2D eigenvalue weighted by molar-refractivity contribution is 7.92. The molecule has 3 rings (SSSR count). The monoisotopic (exact) mass is 473 g/mol. The van der Waals surface area contributed by atoms with E-state index in [0.717, 1.165) is 0 Å². The highest BCUT2D eigenvalue weighted by Crippen LogP contribution is 2.31. The van der Waals surface area contributed by atoms with Crippen molar-refractivity contribution in [1.29, 1.82) is 0 Å². The molecular formula is C18H14Cl3N3O4S. The molecule has 0 aliphatic heterocycles. The summed E-state index contributed by atoms with van der Waals surface area (Å²) < 4.78 is 33.3. The molecule has 0 unspecified atom stereocenters. The molecular weight excluding hydrogens is 461 g/mol. The fraction of sp³-hybridized carbons (Fsp3) is 0.0556. The van der Waals surface area contributed by atoms with Gasteiger partial charge in [-0.25, -0.2) is 8.42 Å². The van der Waals surface area contributed by atoms with Gasteiger partial charge in [0.15, 0.2) is 0 Å². The molecule has 0 atom stereocenters. The van der Waals surface area contributed by atoms with E-state index in [9.17, 15) is 13.2 Å². The van der Waals surface area contributed by atoms with Gasteiger partial charge in [-0.2, -0.15) is 0 Å². The van der Waals surface area contributed by atoms with Gasteiger partial charge in [0, 0.05) is 5.69 Å². The number of methoxy groups -OCH3 is 1. The van der Waals surface area contributed by atoms with Crippen LogP contribution in [0.5, 0.6) is 5.75 Å². The number of halogens is 3. The number of nitrogens with one attached hydrogen (secondary N) is 3. The van der Waals surface area contributed by atoms with E-state index in [2.05, 4.69) is 15.0 Å². The molecule has 0 spiro atoms. The standard InChI is InChI=1S/C18H14Cl3N3O4S/c1-28-15-7-6-10(22-18(25)14-9-12(20)17(21)23-14)8-16(15)29(26,27)24-13-5-3-2-4-11(13)19/h2-9,23-24H,1H3,(H,22,25). The van der Waals surface area contributed by atoms with Crippen molar-refractivity contribution < 1.29 is 17.9 Å². The van der Waals surface area contributed by atoms with Crippen molar-refractivity contribution in [3.63, 3.8) is 0 Å². The maximum absolute atomic E-state index is 12.9. The number of hydrogen-bond donors (Lipinski definition) is 3. The van der Waals surface area contributed by atoms with Crippen LogP contribution >= 0.6 is 34.8 Å². The average molecular weight is 475 g/mol. The molecule has 3 aromatic rings. The van der Waals surface area contributed by atoms with Crippen molar-refractivity contribution in [2.75, 3.05) is 17.1 Å². The molecule has 0 radical (unpaired) electrons. The number of sulfonamides is 1. The number of rotatable bonds is 6. The summed E-state index contributed by atoms with van der Waals surface area (Å²) in [5.74, 6) is -0.458. The molecule has 0 aliphatic rings. The molecule has 152 valence electrons. The van der Waals surface area contributed by atoms with Crippen LogP contribution in [0.1, 0.15) is 10.5 Å². The lowest BCUT2D eigenvalue weighted by atomic mass is 10.3. The smallest absolute Gasteiger partial charge is 0.272 e. The van der Waals surface area contributed by atoms with Gasteiger partial charge in [-0.1, -0.05) is 46.9 Å². The second-order valence-corrected chi connectivity index (χ2v) is 8.59. The molecule has 0 bridgehead atoms. The van der Waals surface area contributed by atoms with E-state index in [4.69, 9.17) is 39.5 Å². The van der Waals surface area contributed by atoms with Crippen LogP contribution in [0.3, 0.4) is 0 Å². The van der Waals surface area contributed by atoms with E-state index < -0.39 is 15.9 Å². The molecule has 0 aliphatic carbocycles. The predicted octanol–water partition coefficient (Wildman–Crippen LogP) is 5.04. The molecule has 0 saturated carbocycles. The van der Waals surface area contributed by atoms with Crippen molar-refractivity contribution in [3.8, 4) is 5.75 Å². The van der Waals surface area contributed by atoms with Crippen LogP contribution in [0.2, 0.25) is 15.2 Å². The summed E-state index contributed by atoms with van der Waals surface area (Å²) in [6, 6.07) is 11.9. The van der Waals surface area contributed by atoms with Gasteiger partial charge in [-0.05, 0) is 36.4 Å². The van der Waals surface area contributed by atoms with Crippen LogP contribution in [0, 0.1) is 0 Å². The van der Waals surface area contributed by atoms with Gasteiger partial charge < -0.3 is 15.0 Å². The minimum absolute atomic E-state index is 0.0912. The predicted molar refractivity (Wildman–Crippen MR) is 114 cm³/mol. The number of carbonyl (C=O) groups is 1. The van der Waals surface area contributed by atoms with Gasteiger partial charge in [0.25, 0.3) is 15.9 Å². The summed E-state index contributed by atoms with van der Waals surface area (Å²) in [7, 11) is -2.73. The second kappa shape index (κ2) is 8.54. The van der Waals surface area contributed by atoms with E-state index in [0.29, 0.717) is 0 Å². The van der Waals surface area contributed by atoms with Crippen molar-refractivity contribution in [1.82, 2.24) is 4.98 Å². The molecule has 0 saturated heterocycles. The Bertz CT molecular complexity index is 1160. The maximum Gasteiger partial charge on any atom is 0.272 e. The van der Waals surface area contributed by atoms with Crippen LogP contribution in [0.25, 0.3) is 0 Å². The zero-order valence-electron chi connectivity index (χ0n) is 14.8. The number of ether oxygens (including phenoxy) is 1. The normalized spacial score (nSPS) is 11.2. The fourth-order valence-corrected chi connectivity index (χ4v) is 4.26. The van der Waals surface area contributed by atoms with Gasteiger partial charge >= 0.3 is 0 Å². The first-order chi connectivity index (χ1) is 13.7. The van der Waals surface area contributed by atoms with Crippen molar-refractivity contribution in [2.24, 2.45) is 0 Å². The number of carbonyl (C=O) groups excluding carboxylic acids is 1. The van der Waals surface area contributed by atoms with E-state index in [-0.39, 0.29) is 42.9 Å². The third kappa shape index (κ3) is 4.79. The Hall–Kier alpha value is -2.39.